The van der Waals surface area contributed by atoms with Crippen LogP contribution in [0.1, 0.15) is 11.3 Å². The third-order valence-electron chi connectivity index (χ3n) is 3.28. The van der Waals surface area contributed by atoms with Crippen LogP contribution in [0.5, 0.6) is 0 Å². The van der Waals surface area contributed by atoms with Crippen molar-refractivity contribution in [3.05, 3.63) is 70.1 Å². The summed E-state index contributed by atoms with van der Waals surface area (Å²) < 4.78 is 2.97. The molecule has 0 saturated heterocycles. The average molecular weight is 298 g/mol. The number of nitrogens with two attached hydrogens (primary N) is 1. The highest BCUT2D eigenvalue weighted by atomic mass is 32.2. The predicted molar refractivity (Wildman–Crippen MR) is 87.0 cm³/mol. The molecule has 106 valence electrons. The van der Waals surface area contributed by atoms with Gasteiger partial charge in [0.25, 0.3) is 5.56 Å². The Bertz CT molecular complexity index is 814. The monoisotopic (exact) mass is 298 g/mol. The van der Waals surface area contributed by atoms with Crippen LogP contribution in [-0.4, -0.2) is 10.2 Å². The van der Waals surface area contributed by atoms with Crippen molar-refractivity contribution in [1.29, 1.82) is 0 Å². The lowest BCUT2D eigenvalue weighted by Gasteiger charge is -2.06. The molecule has 0 saturated carbocycles. The van der Waals surface area contributed by atoms with Gasteiger partial charge in [-0.15, -0.1) is 0 Å². The molecule has 6 heteroatoms. The Morgan fingerprint density at radius 2 is 1.81 bits per heavy atom. The van der Waals surface area contributed by atoms with Crippen LogP contribution < -0.4 is 15.4 Å². The van der Waals surface area contributed by atoms with E-state index < -0.39 is 0 Å². The molecule has 0 aliphatic rings. The highest BCUT2D eigenvalue weighted by Gasteiger charge is 2.06. The molecule has 21 heavy (non-hydrogen) atoms. The number of hydrogen-bond donors (Lipinski definition) is 3. The molecular formula is C15H14N4OS. The van der Waals surface area contributed by atoms with Crippen molar-refractivity contribution in [3.8, 4) is 0 Å². The van der Waals surface area contributed by atoms with E-state index in [2.05, 4.69) is 14.9 Å². The number of aromatic nitrogens is 2. The smallest absolute Gasteiger partial charge is 0.272 e. The standard InChI is InChI=1S/C15H14N4OS/c16-21-19-11-7-5-10(6-8-11)9-14-12-3-1-2-4-13(12)15(20)18-17-14/h1-8,19H,9,16H2,(H,18,20). The van der Waals surface area contributed by atoms with Gasteiger partial charge in [-0.05, 0) is 23.8 Å². The molecule has 3 rings (SSSR count). The molecule has 3 aromatic rings. The van der Waals surface area contributed by atoms with Crippen molar-refractivity contribution in [2.24, 2.45) is 5.14 Å². The number of rotatable bonds is 4. The Hall–Kier alpha value is -2.31. The Morgan fingerprint density at radius 1 is 1.10 bits per heavy atom. The number of hydrogen-bond acceptors (Lipinski definition) is 5. The maximum Gasteiger partial charge on any atom is 0.272 e. The van der Waals surface area contributed by atoms with Gasteiger partial charge in [-0.1, -0.05) is 30.3 Å². The molecule has 5 nitrogen and oxygen atoms in total. The third kappa shape index (κ3) is 2.91. The molecule has 0 unspecified atom stereocenters. The second-order valence-electron chi connectivity index (χ2n) is 4.64. The summed E-state index contributed by atoms with van der Waals surface area (Å²) in [6, 6.07) is 15.5. The van der Waals surface area contributed by atoms with Gasteiger partial charge in [-0.25, -0.2) is 5.10 Å². The van der Waals surface area contributed by atoms with Crippen LogP contribution in [0.25, 0.3) is 10.8 Å². The fourth-order valence-corrected chi connectivity index (χ4v) is 2.53. The van der Waals surface area contributed by atoms with Crippen LogP contribution in [0.3, 0.4) is 0 Å². The van der Waals surface area contributed by atoms with Crippen LogP contribution in [-0.2, 0) is 6.42 Å². The molecule has 0 bridgehead atoms. The van der Waals surface area contributed by atoms with Gasteiger partial charge < -0.3 is 4.72 Å². The summed E-state index contributed by atoms with van der Waals surface area (Å²) in [7, 11) is 0. The second-order valence-corrected chi connectivity index (χ2v) is 5.08. The molecule has 0 aliphatic heterocycles. The zero-order valence-corrected chi connectivity index (χ0v) is 12.0. The first-order chi connectivity index (χ1) is 10.3. The van der Waals surface area contributed by atoms with Gasteiger partial charge in [0.2, 0.25) is 0 Å². The van der Waals surface area contributed by atoms with Gasteiger partial charge >= 0.3 is 0 Å². The van der Waals surface area contributed by atoms with Gasteiger partial charge in [0.15, 0.2) is 0 Å². The summed E-state index contributed by atoms with van der Waals surface area (Å²) in [4.78, 5) is 11.8. The molecule has 0 aliphatic carbocycles. The van der Waals surface area contributed by atoms with Crippen LogP contribution in [0.2, 0.25) is 0 Å². The fraction of sp³-hybridized carbons (Fsp3) is 0.0667. The van der Waals surface area contributed by atoms with E-state index in [4.69, 9.17) is 5.14 Å². The van der Waals surface area contributed by atoms with E-state index in [0.717, 1.165) is 34.5 Å². The topological polar surface area (TPSA) is 83.8 Å². The summed E-state index contributed by atoms with van der Waals surface area (Å²) in [5, 5.41) is 13.7. The van der Waals surface area contributed by atoms with Crippen molar-refractivity contribution in [2.75, 3.05) is 4.72 Å². The second kappa shape index (κ2) is 5.99. The molecule has 0 amide bonds. The molecule has 1 aromatic heterocycles. The van der Waals surface area contributed by atoms with Crippen molar-refractivity contribution in [2.45, 2.75) is 6.42 Å². The number of anilines is 1. The molecule has 0 radical (unpaired) electrons. The lowest BCUT2D eigenvalue weighted by Crippen LogP contribution is -2.11. The first-order valence-corrected chi connectivity index (χ1v) is 7.33. The highest BCUT2D eigenvalue weighted by molar-refractivity contribution is 7.98. The Labute approximate surface area is 125 Å². The zero-order chi connectivity index (χ0) is 14.7. The highest BCUT2D eigenvalue weighted by Crippen LogP contribution is 2.18. The van der Waals surface area contributed by atoms with E-state index in [9.17, 15) is 4.79 Å². The quantitative estimate of drug-likeness (QED) is 0.644. The lowest BCUT2D eigenvalue weighted by molar-refractivity contribution is 0.934. The summed E-state index contributed by atoms with van der Waals surface area (Å²) in [5.74, 6) is 0. The van der Waals surface area contributed by atoms with E-state index >= 15 is 0 Å². The predicted octanol–water partition coefficient (Wildman–Crippen LogP) is 2.45. The number of aromatic amines is 1. The third-order valence-corrected chi connectivity index (χ3v) is 3.63. The molecule has 4 N–H and O–H groups in total. The van der Waals surface area contributed by atoms with Gasteiger partial charge in [0.1, 0.15) is 0 Å². The van der Waals surface area contributed by atoms with E-state index in [1.165, 1.54) is 0 Å². The zero-order valence-electron chi connectivity index (χ0n) is 11.2. The Balaban J connectivity index is 1.95. The van der Waals surface area contributed by atoms with E-state index in [1.807, 2.05) is 48.5 Å². The molecule has 1 heterocycles. The number of benzene rings is 2. The van der Waals surface area contributed by atoms with Crippen LogP contribution >= 0.6 is 12.1 Å². The fourth-order valence-electron chi connectivity index (χ4n) is 2.26. The minimum absolute atomic E-state index is 0.158. The van der Waals surface area contributed by atoms with E-state index in [0.29, 0.717) is 11.8 Å². The molecule has 0 fully saturated rings. The Morgan fingerprint density at radius 3 is 2.52 bits per heavy atom. The van der Waals surface area contributed by atoms with Crippen LogP contribution in [0.15, 0.2) is 53.3 Å². The van der Waals surface area contributed by atoms with Crippen molar-refractivity contribution >= 4 is 28.6 Å². The van der Waals surface area contributed by atoms with Gasteiger partial charge in [-0.2, -0.15) is 5.10 Å². The Kier molecular flexibility index (Phi) is 3.89. The minimum atomic E-state index is -0.158. The summed E-state index contributed by atoms with van der Waals surface area (Å²) in [6.45, 7) is 0. The van der Waals surface area contributed by atoms with Crippen LogP contribution in [0.4, 0.5) is 5.69 Å². The first kappa shape index (κ1) is 13.7. The van der Waals surface area contributed by atoms with E-state index in [-0.39, 0.29) is 5.56 Å². The van der Waals surface area contributed by atoms with Crippen molar-refractivity contribution < 1.29 is 0 Å². The van der Waals surface area contributed by atoms with Gasteiger partial charge in [0, 0.05) is 29.6 Å². The number of nitrogens with zero attached hydrogens (tertiary/aromatic N) is 1. The first-order valence-electron chi connectivity index (χ1n) is 6.45. The van der Waals surface area contributed by atoms with Crippen molar-refractivity contribution in [3.63, 3.8) is 0 Å². The number of nitrogens with one attached hydrogen (secondary N) is 2. The van der Waals surface area contributed by atoms with Gasteiger partial charge in [0.05, 0.1) is 11.1 Å². The van der Waals surface area contributed by atoms with E-state index in [1.54, 1.807) is 0 Å². The van der Waals surface area contributed by atoms with Gasteiger partial charge in [-0.3, -0.25) is 9.93 Å². The molecule has 0 spiro atoms. The number of fused-ring (bicyclic) bond motifs is 1. The SMILES string of the molecule is NSNc1ccc(Cc2n[nH]c(=O)c3ccccc23)cc1. The minimum Gasteiger partial charge on any atom is -0.317 e. The maximum absolute atomic E-state index is 11.8. The maximum atomic E-state index is 11.8. The normalized spacial score (nSPS) is 10.7. The largest absolute Gasteiger partial charge is 0.317 e. The molecular weight excluding hydrogens is 284 g/mol. The number of H-pyrrole nitrogens is 1. The van der Waals surface area contributed by atoms with Crippen molar-refractivity contribution in [1.82, 2.24) is 10.2 Å². The summed E-state index contributed by atoms with van der Waals surface area (Å²) in [5.41, 5.74) is 2.77. The summed E-state index contributed by atoms with van der Waals surface area (Å²) in [6.07, 6.45) is 0.660. The van der Waals surface area contributed by atoms with Crippen LogP contribution in [0, 0.1) is 0 Å². The average Bonchev–Trinajstić information content (AvgIpc) is 2.52. The lowest BCUT2D eigenvalue weighted by atomic mass is 10.0. The molecule has 2 aromatic carbocycles. The summed E-state index contributed by atoms with van der Waals surface area (Å²) >= 11 is 1.07. The molecule has 0 atom stereocenters.